The number of Topliss-reactive ketones (excluding diaryl/α,β-unsaturated/α-hetero) is 1. The van der Waals surface area contributed by atoms with Crippen LogP contribution in [0.2, 0.25) is 0 Å². The van der Waals surface area contributed by atoms with Crippen molar-refractivity contribution in [1.82, 2.24) is 0 Å². The number of hydrogen-bond acceptors (Lipinski definition) is 6. The number of rotatable bonds is 13. The molecule has 2 fully saturated rings. The Bertz CT molecular complexity index is 512. The van der Waals surface area contributed by atoms with E-state index < -0.39 is 0 Å². The number of ether oxygens (including phenoxy) is 5. The van der Waals surface area contributed by atoms with Crippen molar-refractivity contribution in [2.45, 2.75) is 102 Å². The van der Waals surface area contributed by atoms with Crippen LogP contribution in [-0.2, 0) is 28.5 Å². The van der Waals surface area contributed by atoms with Gasteiger partial charge in [0.05, 0.1) is 12.7 Å². The highest BCUT2D eigenvalue weighted by atomic mass is 16.6. The van der Waals surface area contributed by atoms with E-state index in [1.54, 1.807) is 28.4 Å². The van der Waals surface area contributed by atoms with E-state index in [0.29, 0.717) is 30.6 Å². The van der Waals surface area contributed by atoms with E-state index in [2.05, 4.69) is 13.8 Å². The first-order valence-corrected chi connectivity index (χ1v) is 12.3. The second-order valence-electron chi connectivity index (χ2n) is 9.37. The minimum atomic E-state index is -0.347. The van der Waals surface area contributed by atoms with Crippen molar-refractivity contribution in [3.05, 3.63) is 0 Å². The summed E-state index contributed by atoms with van der Waals surface area (Å²) in [6, 6.07) is 0. The molecule has 31 heavy (non-hydrogen) atoms. The highest BCUT2D eigenvalue weighted by molar-refractivity contribution is 5.82. The smallest absolute Gasteiger partial charge is 0.138 e. The van der Waals surface area contributed by atoms with E-state index in [-0.39, 0.29) is 36.4 Å². The summed E-state index contributed by atoms with van der Waals surface area (Å²) in [5.41, 5.74) is 0. The molecular weight excluding hydrogens is 396 g/mol. The summed E-state index contributed by atoms with van der Waals surface area (Å²) in [5.74, 6) is 1.24. The molecule has 8 atom stereocenters. The lowest BCUT2D eigenvalue weighted by Gasteiger charge is -2.49. The third kappa shape index (κ3) is 6.73. The van der Waals surface area contributed by atoms with Gasteiger partial charge in [-0.15, -0.1) is 0 Å². The summed E-state index contributed by atoms with van der Waals surface area (Å²) in [7, 11) is 6.66. The largest absolute Gasteiger partial charge is 0.382 e. The molecule has 2 rings (SSSR count). The summed E-state index contributed by atoms with van der Waals surface area (Å²) in [6.07, 6.45) is 8.41. The molecule has 6 heteroatoms. The SMILES string of the molecule is CCCCCC1CC(=O)C(C2OC(COC)C(OC)C(OC)C2OC)CC1CCCC. The highest BCUT2D eigenvalue weighted by Crippen LogP contribution is 2.42. The fourth-order valence-corrected chi connectivity index (χ4v) is 5.74. The molecule has 0 aromatic heterocycles. The van der Waals surface area contributed by atoms with Gasteiger partial charge in [-0.25, -0.2) is 0 Å². The lowest BCUT2D eigenvalue weighted by molar-refractivity contribution is -0.260. The zero-order valence-electron chi connectivity index (χ0n) is 20.6. The summed E-state index contributed by atoms with van der Waals surface area (Å²) in [4.78, 5) is 13.4. The second-order valence-corrected chi connectivity index (χ2v) is 9.37. The Kier molecular flexibility index (Phi) is 12.0. The van der Waals surface area contributed by atoms with Gasteiger partial charge in [-0.3, -0.25) is 4.79 Å². The summed E-state index contributed by atoms with van der Waals surface area (Å²) >= 11 is 0. The first-order chi connectivity index (χ1) is 15.1. The number of methoxy groups -OCH3 is 4. The zero-order chi connectivity index (χ0) is 22.8. The summed E-state index contributed by atoms with van der Waals surface area (Å²) < 4.78 is 29.3. The van der Waals surface area contributed by atoms with Crippen LogP contribution in [0.5, 0.6) is 0 Å². The number of ketones is 1. The third-order valence-corrected chi connectivity index (χ3v) is 7.42. The predicted molar refractivity (Wildman–Crippen MR) is 121 cm³/mol. The van der Waals surface area contributed by atoms with Crippen LogP contribution in [0.25, 0.3) is 0 Å². The predicted octanol–water partition coefficient (Wildman–Crippen LogP) is 4.43. The van der Waals surface area contributed by atoms with Crippen LogP contribution in [0.1, 0.15) is 71.6 Å². The number of unbranched alkanes of at least 4 members (excludes halogenated alkanes) is 3. The minimum absolute atomic E-state index is 0.163. The Morgan fingerprint density at radius 3 is 2.06 bits per heavy atom. The Labute approximate surface area is 189 Å². The maximum absolute atomic E-state index is 13.4. The molecule has 0 spiro atoms. The molecule has 1 saturated carbocycles. The summed E-state index contributed by atoms with van der Waals surface area (Å²) in [5, 5.41) is 0. The quantitative estimate of drug-likeness (QED) is 0.393. The molecular formula is C25H46O6. The molecule has 0 amide bonds. The Morgan fingerprint density at radius 2 is 1.48 bits per heavy atom. The van der Waals surface area contributed by atoms with Gasteiger partial charge >= 0.3 is 0 Å². The van der Waals surface area contributed by atoms with E-state index >= 15 is 0 Å². The zero-order valence-corrected chi connectivity index (χ0v) is 20.6. The maximum atomic E-state index is 13.4. The van der Waals surface area contributed by atoms with Gasteiger partial charge in [-0.05, 0) is 24.7 Å². The standard InChI is InChI=1S/C25H46O6/c1-7-9-11-13-18-15-20(26)19(14-17(18)12-10-8-2)22-24(29-5)25(30-6)23(28-4)21(31-22)16-27-3/h17-19,21-25H,7-16H2,1-6H3. The highest BCUT2D eigenvalue weighted by Gasteiger charge is 2.52. The van der Waals surface area contributed by atoms with Crippen molar-refractivity contribution < 1.29 is 28.5 Å². The van der Waals surface area contributed by atoms with Gasteiger partial charge < -0.3 is 23.7 Å². The molecule has 0 radical (unpaired) electrons. The lowest BCUT2D eigenvalue weighted by atomic mass is 9.67. The maximum Gasteiger partial charge on any atom is 0.138 e. The molecule has 1 saturated heterocycles. The molecule has 1 aliphatic carbocycles. The van der Waals surface area contributed by atoms with Gasteiger partial charge in [0.2, 0.25) is 0 Å². The van der Waals surface area contributed by atoms with Gasteiger partial charge in [0, 0.05) is 40.8 Å². The fourth-order valence-electron chi connectivity index (χ4n) is 5.74. The molecule has 0 bridgehead atoms. The molecule has 1 heterocycles. The Morgan fingerprint density at radius 1 is 0.839 bits per heavy atom. The van der Waals surface area contributed by atoms with Crippen LogP contribution < -0.4 is 0 Å². The van der Waals surface area contributed by atoms with E-state index in [0.717, 1.165) is 6.42 Å². The van der Waals surface area contributed by atoms with Crippen molar-refractivity contribution >= 4 is 5.78 Å². The van der Waals surface area contributed by atoms with Crippen LogP contribution >= 0.6 is 0 Å². The van der Waals surface area contributed by atoms with E-state index in [1.165, 1.54) is 44.9 Å². The van der Waals surface area contributed by atoms with Gasteiger partial charge in [-0.2, -0.15) is 0 Å². The van der Waals surface area contributed by atoms with Crippen molar-refractivity contribution in [2.75, 3.05) is 35.0 Å². The Hall–Kier alpha value is -0.530. The number of carbonyl (C=O) groups excluding carboxylic acids is 1. The van der Waals surface area contributed by atoms with E-state index in [9.17, 15) is 4.79 Å². The normalized spacial score (nSPS) is 36.6. The van der Waals surface area contributed by atoms with Crippen molar-refractivity contribution in [2.24, 2.45) is 17.8 Å². The van der Waals surface area contributed by atoms with E-state index in [1.807, 2.05) is 0 Å². The van der Waals surface area contributed by atoms with Crippen molar-refractivity contribution in [1.29, 1.82) is 0 Å². The molecule has 0 aromatic rings. The van der Waals surface area contributed by atoms with Crippen LogP contribution in [0.3, 0.4) is 0 Å². The van der Waals surface area contributed by atoms with Gasteiger partial charge in [0.25, 0.3) is 0 Å². The molecule has 2 aliphatic rings. The second kappa shape index (κ2) is 13.9. The number of carbonyl (C=O) groups is 1. The number of hydrogen-bond donors (Lipinski definition) is 0. The molecule has 182 valence electrons. The van der Waals surface area contributed by atoms with Crippen LogP contribution in [0, 0.1) is 17.8 Å². The topological polar surface area (TPSA) is 63.2 Å². The van der Waals surface area contributed by atoms with Gasteiger partial charge in [0.1, 0.15) is 30.2 Å². The van der Waals surface area contributed by atoms with Crippen molar-refractivity contribution in [3.8, 4) is 0 Å². The monoisotopic (exact) mass is 442 g/mol. The van der Waals surface area contributed by atoms with E-state index in [4.69, 9.17) is 23.7 Å². The van der Waals surface area contributed by atoms with Crippen LogP contribution in [-0.4, -0.2) is 71.3 Å². The van der Waals surface area contributed by atoms with Crippen molar-refractivity contribution in [3.63, 3.8) is 0 Å². The average molecular weight is 443 g/mol. The molecule has 0 N–H and O–H groups in total. The first kappa shape index (κ1) is 26.7. The Balaban J connectivity index is 2.23. The molecule has 1 aliphatic heterocycles. The molecule has 8 unspecified atom stereocenters. The van der Waals surface area contributed by atoms with Crippen LogP contribution in [0.15, 0.2) is 0 Å². The fraction of sp³-hybridized carbons (Fsp3) is 0.960. The average Bonchev–Trinajstić information content (AvgIpc) is 2.77. The minimum Gasteiger partial charge on any atom is -0.382 e. The third-order valence-electron chi connectivity index (χ3n) is 7.42. The van der Waals surface area contributed by atoms with Gasteiger partial charge in [-0.1, -0.05) is 52.4 Å². The molecule has 6 nitrogen and oxygen atoms in total. The van der Waals surface area contributed by atoms with Gasteiger partial charge in [0.15, 0.2) is 0 Å². The summed E-state index contributed by atoms with van der Waals surface area (Å²) in [6.45, 7) is 4.87. The van der Waals surface area contributed by atoms with Crippen LogP contribution in [0.4, 0.5) is 0 Å². The first-order valence-electron chi connectivity index (χ1n) is 12.3. The molecule has 0 aromatic carbocycles. The lowest BCUT2D eigenvalue weighted by Crippen LogP contribution is -2.63.